The van der Waals surface area contributed by atoms with Gasteiger partial charge in [-0.25, -0.2) is 4.98 Å². The van der Waals surface area contributed by atoms with Crippen molar-refractivity contribution < 1.29 is 0 Å². The van der Waals surface area contributed by atoms with Crippen molar-refractivity contribution in [1.82, 2.24) is 4.98 Å². The van der Waals surface area contributed by atoms with Crippen molar-refractivity contribution in [2.24, 2.45) is 0 Å². The minimum Gasteiger partial charge on any atom is -0.366 e. The molecule has 0 atom stereocenters. The highest BCUT2D eigenvalue weighted by Crippen LogP contribution is 2.23. The summed E-state index contributed by atoms with van der Waals surface area (Å²) < 4.78 is 0. The molecule has 2 nitrogen and oxygen atoms in total. The number of hydrogen-bond acceptors (Lipinski definition) is 2. The molecule has 2 rings (SSSR count). The summed E-state index contributed by atoms with van der Waals surface area (Å²) in [7, 11) is 0. The van der Waals surface area contributed by atoms with Crippen LogP contribution in [0.4, 0.5) is 5.82 Å². The van der Waals surface area contributed by atoms with Gasteiger partial charge in [0.05, 0.1) is 0 Å². The molecule has 0 unspecified atom stereocenters. The molecule has 2 aromatic rings. The van der Waals surface area contributed by atoms with E-state index in [0.717, 1.165) is 16.4 Å². The van der Waals surface area contributed by atoms with Gasteiger partial charge in [-0.2, -0.15) is 0 Å². The van der Waals surface area contributed by atoms with Gasteiger partial charge in [0.25, 0.3) is 0 Å². The lowest BCUT2D eigenvalue weighted by atomic mass is 10.0. The van der Waals surface area contributed by atoms with Gasteiger partial charge in [0.2, 0.25) is 0 Å². The average molecular weight is 261 g/mol. The summed E-state index contributed by atoms with van der Waals surface area (Å²) in [5.74, 6) is 1.36. The number of halogens is 1. The molecule has 1 heterocycles. The van der Waals surface area contributed by atoms with Crippen molar-refractivity contribution >= 4 is 17.4 Å². The van der Waals surface area contributed by atoms with E-state index in [2.05, 4.69) is 36.3 Å². The van der Waals surface area contributed by atoms with Gasteiger partial charge in [0.1, 0.15) is 5.82 Å². The molecule has 0 saturated heterocycles. The fourth-order valence-electron chi connectivity index (χ4n) is 1.72. The van der Waals surface area contributed by atoms with Gasteiger partial charge in [-0.15, -0.1) is 0 Å². The Morgan fingerprint density at radius 2 is 2.06 bits per heavy atom. The van der Waals surface area contributed by atoms with E-state index in [1.807, 2.05) is 24.3 Å². The monoisotopic (exact) mass is 260 g/mol. The summed E-state index contributed by atoms with van der Waals surface area (Å²) in [5, 5.41) is 4.06. The first-order valence-corrected chi connectivity index (χ1v) is 6.48. The van der Waals surface area contributed by atoms with E-state index in [4.69, 9.17) is 11.6 Å². The highest BCUT2D eigenvalue weighted by molar-refractivity contribution is 6.31. The zero-order chi connectivity index (χ0) is 13.0. The van der Waals surface area contributed by atoms with E-state index in [1.165, 1.54) is 5.56 Å². The lowest BCUT2D eigenvalue weighted by Crippen LogP contribution is -2.02. The van der Waals surface area contributed by atoms with Crippen LogP contribution in [0.15, 0.2) is 42.6 Å². The number of pyridine rings is 1. The summed E-state index contributed by atoms with van der Waals surface area (Å²) in [5.41, 5.74) is 2.35. The molecule has 94 valence electrons. The number of anilines is 1. The van der Waals surface area contributed by atoms with Gasteiger partial charge >= 0.3 is 0 Å². The molecule has 0 aliphatic rings. The average Bonchev–Trinajstić information content (AvgIpc) is 2.38. The fourth-order valence-corrected chi connectivity index (χ4v) is 1.97. The zero-order valence-electron chi connectivity index (χ0n) is 10.7. The van der Waals surface area contributed by atoms with E-state index in [9.17, 15) is 0 Å². The van der Waals surface area contributed by atoms with Crippen LogP contribution in [0.25, 0.3) is 0 Å². The Balaban J connectivity index is 2.06. The van der Waals surface area contributed by atoms with Gasteiger partial charge in [-0.3, -0.25) is 0 Å². The largest absolute Gasteiger partial charge is 0.366 e. The molecule has 0 radical (unpaired) electrons. The van der Waals surface area contributed by atoms with Crippen LogP contribution in [-0.4, -0.2) is 4.98 Å². The minimum atomic E-state index is 0.500. The summed E-state index contributed by atoms with van der Waals surface area (Å²) in [6.07, 6.45) is 1.77. The molecular weight excluding hydrogens is 244 g/mol. The van der Waals surface area contributed by atoms with Crippen LogP contribution in [0.5, 0.6) is 0 Å². The molecule has 18 heavy (non-hydrogen) atoms. The molecule has 0 fully saturated rings. The Morgan fingerprint density at radius 1 is 1.22 bits per heavy atom. The maximum atomic E-state index is 6.28. The molecule has 0 amide bonds. The molecule has 0 saturated carbocycles. The second kappa shape index (κ2) is 5.87. The Morgan fingerprint density at radius 3 is 2.67 bits per heavy atom. The summed E-state index contributed by atoms with van der Waals surface area (Å²) in [6, 6.07) is 12.0. The normalized spacial score (nSPS) is 10.7. The van der Waals surface area contributed by atoms with Crippen LogP contribution in [0.1, 0.15) is 30.9 Å². The van der Waals surface area contributed by atoms with E-state index >= 15 is 0 Å². The first kappa shape index (κ1) is 12.9. The second-order valence-corrected chi connectivity index (χ2v) is 4.98. The first-order valence-electron chi connectivity index (χ1n) is 6.10. The van der Waals surface area contributed by atoms with Gasteiger partial charge in [0, 0.05) is 17.8 Å². The predicted molar refractivity (Wildman–Crippen MR) is 77.1 cm³/mol. The quantitative estimate of drug-likeness (QED) is 0.877. The fraction of sp³-hybridized carbons (Fsp3) is 0.267. The number of aromatic nitrogens is 1. The molecule has 0 bridgehead atoms. The Kier molecular flexibility index (Phi) is 4.21. The minimum absolute atomic E-state index is 0.500. The number of rotatable bonds is 4. The van der Waals surface area contributed by atoms with E-state index in [0.29, 0.717) is 12.5 Å². The predicted octanol–water partition coefficient (Wildman–Crippen LogP) is 4.47. The molecule has 1 aromatic carbocycles. The zero-order valence-corrected chi connectivity index (χ0v) is 11.4. The third kappa shape index (κ3) is 3.23. The van der Waals surface area contributed by atoms with E-state index in [-0.39, 0.29) is 0 Å². The second-order valence-electron chi connectivity index (χ2n) is 4.57. The van der Waals surface area contributed by atoms with Crippen molar-refractivity contribution in [1.29, 1.82) is 0 Å². The van der Waals surface area contributed by atoms with Gasteiger partial charge in [-0.1, -0.05) is 43.6 Å². The molecule has 1 N–H and O–H groups in total. The van der Waals surface area contributed by atoms with Gasteiger partial charge in [0.15, 0.2) is 0 Å². The van der Waals surface area contributed by atoms with E-state index < -0.39 is 0 Å². The first-order chi connectivity index (χ1) is 8.66. The SMILES string of the molecule is CC(C)c1ccc(CNc2ccccn2)c(Cl)c1. The maximum absolute atomic E-state index is 6.28. The highest BCUT2D eigenvalue weighted by atomic mass is 35.5. The molecule has 3 heteroatoms. The molecule has 0 aliphatic heterocycles. The number of benzene rings is 1. The number of nitrogens with one attached hydrogen (secondary N) is 1. The van der Waals surface area contributed by atoms with Crippen molar-refractivity contribution in [3.8, 4) is 0 Å². The van der Waals surface area contributed by atoms with Crippen LogP contribution in [0.3, 0.4) is 0 Å². The Labute approximate surface area is 113 Å². The summed E-state index contributed by atoms with van der Waals surface area (Å²) in [4.78, 5) is 4.22. The maximum Gasteiger partial charge on any atom is 0.126 e. The van der Waals surface area contributed by atoms with E-state index in [1.54, 1.807) is 6.20 Å². The third-order valence-electron chi connectivity index (χ3n) is 2.87. The number of hydrogen-bond donors (Lipinski definition) is 1. The smallest absolute Gasteiger partial charge is 0.126 e. The molecular formula is C15H17ClN2. The summed E-state index contributed by atoms with van der Waals surface area (Å²) >= 11 is 6.28. The Hall–Kier alpha value is -1.54. The molecule has 0 spiro atoms. The van der Waals surface area contributed by atoms with Crippen LogP contribution in [0, 0.1) is 0 Å². The van der Waals surface area contributed by atoms with Gasteiger partial charge in [-0.05, 0) is 35.2 Å². The topological polar surface area (TPSA) is 24.9 Å². The molecule has 1 aromatic heterocycles. The van der Waals surface area contributed by atoms with Crippen molar-refractivity contribution in [3.05, 3.63) is 58.7 Å². The van der Waals surface area contributed by atoms with Crippen LogP contribution < -0.4 is 5.32 Å². The summed E-state index contributed by atoms with van der Waals surface area (Å²) in [6.45, 7) is 5.02. The van der Waals surface area contributed by atoms with Crippen molar-refractivity contribution in [3.63, 3.8) is 0 Å². The van der Waals surface area contributed by atoms with Crippen LogP contribution >= 0.6 is 11.6 Å². The lowest BCUT2D eigenvalue weighted by Gasteiger charge is -2.10. The van der Waals surface area contributed by atoms with Gasteiger partial charge < -0.3 is 5.32 Å². The van der Waals surface area contributed by atoms with Crippen LogP contribution in [0.2, 0.25) is 5.02 Å². The Bertz CT molecular complexity index is 509. The standard InChI is InChI=1S/C15H17ClN2/c1-11(2)12-6-7-13(14(16)9-12)10-18-15-5-3-4-8-17-15/h3-9,11H,10H2,1-2H3,(H,17,18). The van der Waals surface area contributed by atoms with Crippen molar-refractivity contribution in [2.75, 3.05) is 5.32 Å². The van der Waals surface area contributed by atoms with Crippen molar-refractivity contribution in [2.45, 2.75) is 26.3 Å². The van der Waals surface area contributed by atoms with Crippen LogP contribution in [-0.2, 0) is 6.54 Å². The lowest BCUT2D eigenvalue weighted by molar-refractivity contribution is 0.865. The highest BCUT2D eigenvalue weighted by Gasteiger charge is 2.04. The third-order valence-corrected chi connectivity index (χ3v) is 3.22. The number of nitrogens with zero attached hydrogens (tertiary/aromatic N) is 1. The molecule has 0 aliphatic carbocycles.